The van der Waals surface area contributed by atoms with Crippen LogP contribution < -0.4 is 14.8 Å². The molecule has 2 heterocycles. The SMILES string of the molecule is COc1ccc(NC(=O)C2CCn3c(nc4ccccc43)C2)c(OC)c1. The number of para-hydroxylation sites is 2. The monoisotopic (exact) mass is 351 g/mol. The second-order valence-electron chi connectivity index (χ2n) is 6.41. The van der Waals surface area contributed by atoms with Gasteiger partial charge in [0.25, 0.3) is 0 Å². The van der Waals surface area contributed by atoms with Gasteiger partial charge in [0.05, 0.1) is 30.9 Å². The summed E-state index contributed by atoms with van der Waals surface area (Å²) in [6.07, 6.45) is 1.43. The highest BCUT2D eigenvalue weighted by molar-refractivity contribution is 5.94. The number of benzene rings is 2. The number of carbonyl (C=O) groups excluding carboxylic acids is 1. The van der Waals surface area contributed by atoms with Gasteiger partial charge in [-0.05, 0) is 30.7 Å². The molecule has 3 aromatic rings. The van der Waals surface area contributed by atoms with Gasteiger partial charge in [0, 0.05) is 24.9 Å². The van der Waals surface area contributed by atoms with Gasteiger partial charge in [0.2, 0.25) is 5.91 Å². The molecule has 1 aliphatic heterocycles. The predicted molar refractivity (Wildman–Crippen MR) is 99.7 cm³/mol. The summed E-state index contributed by atoms with van der Waals surface area (Å²) in [5.41, 5.74) is 2.77. The summed E-state index contributed by atoms with van der Waals surface area (Å²) in [7, 11) is 3.18. The molecule has 0 fully saturated rings. The van der Waals surface area contributed by atoms with Crippen LogP contribution in [0.2, 0.25) is 0 Å². The Bertz CT molecular complexity index is 964. The van der Waals surface area contributed by atoms with Crippen LogP contribution in [0.4, 0.5) is 5.69 Å². The van der Waals surface area contributed by atoms with E-state index in [2.05, 4.69) is 16.0 Å². The van der Waals surface area contributed by atoms with Gasteiger partial charge in [-0.1, -0.05) is 12.1 Å². The normalized spacial score (nSPS) is 16.2. The maximum absolute atomic E-state index is 12.8. The van der Waals surface area contributed by atoms with Crippen LogP contribution in [0.15, 0.2) is 42.5 Å². The molecule has 0 spiro atoms. The zero-order valence-corrected chi connectivity index (χ0v) is 14.9. The molecule has 2 aromatic carbocycles. The van der Waals surface area contributed by atoms with E-state index < -0.39 is 0 Å². The van der Waals surface area contributed by atoms with Crippen molar-refractivity contribution in [3.05, 3.63) is 48.3 Å². The van der Waals surface area contributed by atoms with E-state index in [-0.39, 0.29) is 11.8 Å². The Morgan fingerprint density at radius 3 is 2.85 bits per heavy atom. The highest BCUT2D eigenvalue weighted by atomic mass is 16.5. The number of hydrogen-bond donors (Lipinski definition) is 1. The van der Waals surface area contributed by atoms with Gasteiger partial charge in [-0.25, -0.2) is 4.98 Å². The van der Waals surface area contributed by atoms with Crippen molar-refractivity contribution in [2.45, 2.75) is 19.4 Å². The number of ether oxygens (including phenoxy) is 2. The minimum atomic E-state index is -0.105. The lowest BCUT2D eigenvalue weighted by atomic mass is 9.96. The summed E-state index contributed by atoms with van der Waals surface area (Å²) in [6.45, 7) is 0.799. The molecule has 134 valence electrons. The van der Waals surface area contributed by atoms with Crippen LogP contribution in [0.1, 0.15) is 12.2 Å². The van der Waals surface area contributed by atoms with E-state index >= 15 is 0 Å². The van der Waals surface area contributed by atoms with E-state index in [0.29, 0.717) is 23.6 Å². The molecule has 1 aromatic heterocycles. The van der Waals surface area contributed by atoms with E-state index in [1.54, 1.807) is 32.4 Å². The molecule has 1 amide bonds. The molecule has 1 unspecified atom stereocenters. The van der Waals surface area contributed by atoms with Crippen LogP contribution >= 0.6 is 0 Å². The Morgan fingerprint density at radius 2 is 2.04 bits per heavy atom. The van der Waals surface area contributed by atoms with Gasteiger partial charge in [-0.2, -0.15) is 0 Å². The van der Waals surface area contributed by atoms with Crippen LogP contribution in [-0.4, -0.2) is 29.7 Å². The Hall–Kier alpha value is -3.02. The molecule has 26 heavy (non-hydrogen) atoms. The number of nitrogens with one attached hydrogen (secondary N) is 1. The fraction of sp³-hybridized carbons (Fsp3) is 0.300. The molecular formula is C20H21N3O3. The number of hydrogen-bond acceptors (Lipinski definition) is 4. The predicted octanol–water partition coefficient (Wildman–Crippen LogP) is 3.25. The Kier molecular flexibility index (Phi) is 4.24. The summed E-state index contributed by atoms with van der Waals surface area (Å²) in [6, 6.07) is 13.5. The number of anilines is 1. The summed E-state index contributed by atoms with van der Waals surface area (Å²) in [5, 5.41) is 2.99. The first kappa shape index (κ1) is 16.4. The maximum atomic E-state index is 12.8. The van der Waals surface area contributed by atoms with Crippen LogP contribution in [0, 0.1) is 5.92 Å². The molecule has 0 saturated carbocycles. The number of nitrogens with zero attached hydrogens (tertiary/aromatic N) is 2. The molecule has 6 heteroatoms. The van der Waals surface area contributed by atoms with Crippen LogP contribution in [0.5, 0.6) is 11.5 Å². The zero-order chi connectivity index (χ0) is 18.1. The molecule has 0 radical (unpaired) electrons. The first-order valence-corrected chi connectivity index (χ1v) is 8.66. The molecule has 0 bridgehead atoms. The third kappa shape index (κ3) is 2.87. The van der Waals surface area contributed by atoms with Gasteiger partial charge in [-0.15, -0.1) is 0 Å². The molecule has 4 rings (SSSR count). The fourth-order valence-corrected chi connectivity index (χ4v) is 3.50. The number of rotatable bonds is 4. The van der Waals surface area contributed by atoms with Crippen molar-refractivity contribution in [1.29, 1.82) is 0 Å². The van der Waals surface area contributed by atoms with Crippen molar-refractivity contribution in [2.75, 3.05) is 19.5 Å². The van der Waals surface area contributed by atoms with Crippen LogP contribution in [0.3, 0.4) is 0 Å². The van der Waals surface area contributed by atoms with Gasteiger partial charge in [0.15, 0.2) is 0 Å². The van der Waals surface area contributed by atoms with E-state index in [4.69, 9.17) is 14.5 Å². The average Bonchev–Trinajstić information content (AvgIpc) is 3.06. The first-order chi connectivity index (χ1) is 12.7. The number of aromatic nitrogens is 2. The summed E-state index contributed by atoms with van der Waals surface area (Å²) < 4.78 is 12.8. The second kappa shape index (κ2) is 6.71. The van der Waals surface area contributed by atoms with Gasteiger partial charge >= 0.3 is 0 Å². The van der Waals surface area contributed by atoms with Gasteiger partial charge in [-0.3, -0.25) is 4.79 Å². The Balaban J connectivity index is 1.53. The third-order valence-corrected chi connectivity index (χ3v) is 4.90. The van der Waals surface area contributed by atoms with Crippen molar-refractivity contribution in [2.24, 2.45) is 5.92 Å². The minimum Gasteiger partial charge on any atom is -0.497 e. The summed E-state index contributed by atoms with van der Waals surface area (Å²) in [4.78, 5) is 17.5. The molecule has 1 aliphatic rings. The maximum Gasteiger partial charge on any atom is 0.228 e. The zero-order valence-electron chi connectivity index (χ0n) is 14.9. The van der Waals surface area contributed by atoms with E-state index in [1.807, 2.05) is 18.2 Å². The molecule has 6 nitrogen and oxygen atoms in total. The van der Waals surface area contributed by atoms with E-state index in [1.165, 1.54) is 0 Å². The largest absolute Gasteiger partial charge is 0.497 e. The van der Waals surface area contributed by atoms with Crippen molar-refractivity contribution >= 4 is 22.6 Å². The van der Waals surface area contributed by atoms with Crippen molar-refractivity contribution < 1.29 is 14.3 Å². The van der Waals surface area contributed by atoms with Crippen LogP contribution in [0.25, 0.3) is 11.0 Å². The molecule has 1 N–H and O–H groups in total. The van der Waals surface area contributed by atoms with Crippen molar-refractivity contribution in [3.8, 4) is 11.5 Å². The van der Waals surface area contributed by atoms with Crippen molar-refractivity contribution in [1.82, 2.24) is 9.55 Å². The highest BCUT2D eigenvalue weighted by Gasteiger charge is 2.27. The number of fused-ring (bicyclic) bond motifs is 3. The Morgan fingerprint density at radius 1 is 1.19 bits per heavy atom. The molecule has 0 aliphatic carbocycles. The lowest BCUT2D eigenvalue weighted by Crippen LogP contribution is -2.30. The van der Waals surface area contributed by atoms with E-state index in [0.717, 1.165) is 29.8 Å². The van der Waals surface area contributed by atoms with Gasteiger partial charge < -0.3 is 19.4 Å². The number of methoxy groups -OCH3 is 2. The fourth-order valence-electron chi connectivity index (χ4n) is 3.50. The quantitative estimate of drug-likeness (QED) is 0.784. The lowest BCUT2D eigenvalue weighted by Gasteiger charge is -2.23. The number of amides is 1. The Labute approximate surface area is 151 Å². The minimum absolute atomic E-state index is 0.00762. The van der Waals surface area contributed by atoms with E-state index in [9.17, 15) is 4.79 Å². The standard InChI is InChI=1S/C20H21N3O3/c1-25-14-7-8-16(18(12-14)26-2)22-20(24)13-9-10-23-17-6-4-3-5-15(17)21-19(23)11-13/h3-8,12-13H,9-11H2,1-2H3,(H,22,24). The average molecular weight is 351 g/mol. The summed E-state index contributed by atoms with van der Waals surface area (Å²) >= 11 is 0. The smallest absolute Gasteiger partial charge is 0.228 e. The number of imidazole rings is 1. The molecule has 1 atom stereocenters. The van der Waals surface area contributed by atoms with Crippen LogP contribution in [-0.2, 0) is 17.8 Å². The third-order valence-electron chi connectivity index (χ3n) is 4.90. The highest BCUT2D eigenvalue weighted by Crippen LogP contribution is 2.31. The molecular weight excluding hydrogens is 330 g/mol. The molecule has 0 saturated heterocycles. The number of aryl methyl sites for hydroxylation is 1. The topological polar surface area (TPSA) is 65.4 Å². The number of carbonyl (C=O) groups is 1. The first-order valence-electron chi connectivity index (χ1n) is 8.66. The summed E-state index contributed by atoms with van der Waals surface area (Å²) in [5.74, 6) is 2.13. The van der Waals surface area contributed by atoms with Crippen molar-refractivity contribution in [3.63, 3.8) is 0 Å². The van der Waals surface area contributed by atoms with Gasteiger partial charge in [0.1, 0.15) is 17.3 Å². The second-order valence-corrected chi connectivity index (χ2v) is 6.41. The lowest BCUT2D eigenvalue weighted by molar-refractivity contribution is -0.120.